The molecule has 0 saturated heterocycles. The molecule has 0 fully saturated rings. The van der Waals surface area contributed by atoms with Crippen LogP contribution in [0.1, 0.15) is 38.3 Å². The summed E-state index contributed by atoms with van der Waals surface area (Å²) in [6.07, 6.45) is 0.904. The number of aryl methyl sites for hydroxylation is 1. The van der Waals surface area contributed by atoms with Crippen molar-refractivity contribution in [3.63, 3.8) is 0 Å². The Bertz CT molecular complexity index is 517. The van der Waals surface area contributed by atoms with Gasteiger partial charge < -0.3 is 20.5 Å². The maximum atomic E-state index is 9.51. The minimum Gasteiger partial charge on any atom is -0.496 e. The fourth-order valence-electron chi connectivity index (χ4n) is 2.08. The van der Waals surface area contributed by atoms with Crippen LogP contribution in [0.25, 0.3) is 0 Å². The molecule has 24 heavy (non-hydrogen) atoms. The Morgan fingerprint density at radius 3 is 2.54 bits per heavy atom. The first-order valence-electron chi connectivity index (χ1n) is 8.24. The third kappa shape index (κ3) is 7.25. The summed E-state index contributed by atoms with van der Waals surface area (Å²) < 4.78 is 5.42. The van der Waals surface area contributed by atoms with Crippen LogP contribution < -0.4 is 15.4 Å². The lowest BCUT2D eigenvalue weighted by molar-refractivity contribution is 0.140. The molecule has 0 aliphatic rings. The van der Waals surface area contributed by atoms with Gasteiger partial charge in [0.05, 0.1) is 20.3 Å². The second-order valence-electron chi connectivity index (χ2n) is 6.19. The van der Waals surface area contributed by atoms with Crippen LogP contribution in [0.2, 0.25) is 0 Å². The molecule has 1 aromatic rings. The molecule has 1 atom stereocenters. The average Bonchev–Trinajstić information content (AvgIpc) is 2.57. The highest BCUT2D eigenvalue weighted by molar-refractivity contribution is 14.0. The number of aliphatic imine (C=N–C) groups is 1. The number of aliphatic hydroxyl groups is 1. The molecule has 6 heteroatoms. The van der Waals surface area contributed by atoms with Crippen LogP contribution in [0.5, 0.6) is 5.75 Å². The number of nitrogens with one attached hydrogen (secondary N) is 2. The highest BCUT2D eigenvalue weighted by Gasteiger charge is 2.21. The SMILES string of the molecule is CCNC(=NCc1ccc(C)cc1OC)NCC(C)(CC)CO.I. The molecule has 1 rings (SSSR count). The lowest BCUT2D eigenvalue weighted by Crippen LogP contribution is -2.43. The van der Waals surface area contributed by atoms with Gasteiger partial charge in [0.25, 0.3) is 0 Å². The Morgan fingerprint density at radius 2 is 2.00 bits per heavy atom. The number of ether oxygens (including phenoxy) is 1. The maximum Gasteiger partial charge on any atom is 0.191 e. The summed E-state index contributed by atoms with van der Waals surface area (Å²) in [7, 11) is 1.68. The largest absolute Gasteiger partial charge is 0.496 e. The van der Waals surface area contributed by atoms with E-state index < -0.39 is 0 Å². The van der Waals surface area contributed by atoms with Gasteiger partial charge in [-0.15, -0.1) is 24.0 Å². The summed E-state index contributed by atoms with van der Waals surface area (Å²) in [4.78, 5) is 4.63. The van der Waals surface area contributed by atoms with E-state index in [1.54, 1.807) is 7.11 Å². The second kappa shape index (κ2) is 11.5. The first-order chi connectivity index (χ1) is 11.0. The quantitative estimate of drug-likeness (QED) is 0.324. The van der Waals surface area contributed by atoms with Gasteiger partial charge in [0.2, 0.25) is 0 Å². The molecule has 0 aliphatic heterocycles. The third-order valence-corrected chi connectivity index (χ3v) is 4.11. The lowest BCUT2D eigenvalue weighted by Gasteiger charge is -2.26. The summed E-state index contributed by atoms with van der Waals surface area (Å²) in [5, 5.41) is 16.1. The van der Waals surface area contributed by atoms with Gasteiger partial charge in [-0.05, 0) is 31.9 Å². The molecule has 0 aliphatic carbocycles. The van der Waals surface area contributed by atoms with E-state index in [2.05, 4.69) is 35.5 Å². The minimum absolute atomic E-state index is 0. The molecular formula is C18H32IN3O2. The van der Waals surface area contributed by atoms with Crippen molar-refractivity contribution < 1.29 is 9.84 Å². The maximum absolute atomic E-state index is 9.51. The summed E-state index contributed by atoms with van der Waals surface area (Å²) in [6.45, 7) is 10.4. The smallest absolute Gasteiger partial charge is 0.191 e. The van der Waals surface area contributed by atoms with Crippen molar-refractivity contribution >= 4 is 29.9 Å². The van der Waals surface area contributed by atoms with Gasteiger partial charge in [-0.3, -0.25) is 0 Å². The lowest BCUT2D eigenvalue weighted by atomic mass is 9.89. The van der Waals surface area contributed by atoms with E-state index in [0.717, 1.165) is 30.2 Å². The van der Waals surface area contributed by atoms with Crippen molar-refractivity contribution in [2.75, 3.05) is 26.8 Å². The highest BCUT2D eigenvalue weighted by atomic mass is 127. The van der Waals surface area contributed by atoms with Crippen LogP contribution >= 0.6 is 24.0 Å². The number of halogens is 1. The molecule has 3 N–H and O–H groups in total. The van der Waals surface area contributed by atoms with Crippen LogP contribution in [0.4, 0.5) is 0 Å². The summed E-state index contributed by atoms with van der Waals surface area (Å²) in [6, 6.07) is 6.13. The number of rotatable bonds is 8. The second-order valence-corrected chi connectivity index (χ2v) is 6.19. The molecule has 0 spiro atoms. The summed E-state index contributed by atoms with van der Waals surface area (Å²) in [5.74, 6) is 1.61. The van der Waals surface area contributed by atoms with E-state index in [0.29, 0.717) is 13.1 Å². The van der Waals surface area contributed by atoms with Gasteiger partial charge in [-0.2, -0.15) is 0 Å². The Labute approximate surface area is 163 Å². The van der Waals surface area contributed by atoms with Crippen molar-refractivity contribution in [1.29, 1.82) is 0 Å². The van der Waals surface area contributed by atoms with Gasteiger partial charge in [0.1, 0.15) is 5.75 Å². The molecule has 0 heterocycles. The monoisotopic (exact) mass is 449 g/mol. The first kappa shape index (κ1) is 23.0. The van der Waals surface area contributed by atoms with Gasteiger partial charge >= 0.3 is 0 Å². The summed E-state index contributed by atoms with van der Waals surface area (Å²) >= 11 is 0. The Morgan fingerprint density at radius 1 is 1.29 bits per heavy atom. The molecule has 0 radical (unpaired) electrons. The predicted octanol–water partition coefficient (Wildman–Crippen LogP) is 3.09. The number of guanidine groups is 1. The number of benzene rings is 1. The van der Waals surface area contributed by atoms with E-state index in [9.17, 15) is 5.11 Å². The number of aliphatic hydroxyl groups excluding tert-OH is 1. The van der Waals surface area contributed by atoms with Crippen molar-refractivity contribution in [1.82, 2.24) is 10.6 Å². The average molecular weight is 449 g/mol. The topological polar surface area (TPSA) is 65.9 Å². The van der Waals surface area contributed by atoms with E-state index in [-0.39, 0.29) is 36.0 Å². The zero-order valence-corrected chi connectivity index (χ0v) is 17.8. The molecule has 138 valence electrons. The van der Waals surface area contributed by atoms with Crippen molar-refractivity contribution in [2.45, 2.75) is 40.7 Å². The van der Waals surface area contributed by atoms with Crippen molar-refractivity contribution in [3.8, 4) is 5.75 Å². The third-order valence-electron chi connectivity index (χ3n) is 4.11. The predicted molar refractivity (Wildman–Crippen MR) is 111 cm³/mol. The van der Waals surface area contributed by atoms with Gasteiger partial charge in [0.15, 0.2) is 5.96 Å². The number of hydrogen-bond acceptors (Lipinski definition) is 3. The standard InChI is InChI=1S/C18H31N3O2.HI/c1-6-18(4,13-22)12-21-17(19-7-2)20-11-15-9-8-14(3)10-16(15)23-5;/h8-10,22H,6-7,11-13H2,1-5H3,(H2,19,20,21);1H. The number of nitrogens with zero attached hydrogens (tertiary/aromatic N) is 1. The van der Waals surface area contributed by atoms with Crippen molar-refractivity contribution in [3.05, 3.63) is 29.3 Å². The van der Waals surface area contributed by atoms with Crippen molar-refractivity contribution in [2.24, 2.45) is 10.4 Å². The van der Waals surface area contributed by atoms with Crippen LogP contribution in [0.15, 0.2) is 23.2 Å². The number of hydrogen-bond donors (Lipinski definition) is 3. The zero-order valence-electron chi connectivity index (χ0n) is 15.5. The highest BCUT2D eigenvalue weighted by Crippen LogP contribution is 2.21. The van der Waals surface area contributed by atoms with Gasteiger partial charge in [-0.25, -0.2) is 4.99 Å². The fraction of sp³-hybridized carbons (Fsp3) is 0.611. The Balaban J connectivity index is 0.00000529. The number of methoxy groups -OCH3 is 1. The molecule has 0 aromatic heterocycles. The molecule has 5 nitrogen and oxygen atoms in total. The molecule has 1 unspecified atom stereocenters. The molecule has 1 aromatic carbocycles. The molecule has 0 saturated carbocycles. The summed E-state index contributed by atoms with van der Waals surface area (Å²) in [5.41, 5.74) is 2.08. The van der Waals surface area contributed by atoms with E-state index in [4.69, 9.17) is 4.74 Å². The normalized spacial score (nSPS) is 13.7. The van der Waals surface area contributed by atoms with Crippen LogP contribution in [-0.4, -0.2) is 37.9 Å². The van der Waals surface area contributed by atoms with E-state index >= 15 is 0 Å². The molecular weight excluding hydrogens is 417 g/mol. The van der Waals surface area contributed by atoms with Crippen LogP contribution in [0.3, 0.4) is 0 Å². The minimum atomic E-state index is -0.141. The van der Waals surface area contributed by atoms with Crippen LogP contribution in [0, 0.1) is 12.3 Å². The molecule has 0 amide bonds. The van der Waals surface area contributed by atoms with E-state index in [1.165, 1.54) is 5.56 Å². The zero-order chi connectivity index (χ0) is 17.3. The fourth-order valence-corrected chi connectivity index (χ4v) is 2.08. The van der Waals surface area contributed by atoms with E-state index in [1.807, 2.05) is 26.0 Å². The Hall–Kier alpha value is -1.02. The van der Waals surface area contributed by atoms with Crippen LogP contribution in [-0.2, 0) is 6.54 Å². The Kier molecular flexibility index (Phi) is 11.0. The van der Waals surface area contributed by atoms with Gasteiger partial charge in [-0.1, -0.05) is 26.0 Å². The first-order valence-corrected chi connectivity index (χ1v) is 8.24. The molecule has 0 bridgehead atoms. The van der Waals surface area contributed by atoms with Gasteiger partial charge in [0, 0.05) is 24.1 Å².